The molecule has 96 valence electrons. The summed E-state index contributed by atoms with van der Waals surface area (Å²) in [5.41, 5.74) is 1.38. The summed E-state index contributed by atoms with van der Waals surface area (Å²) in [5, 5.41) is 0. The lowest BCUT2D eigenvalue weighted by Gasteiger charge is -2.27. The second-order valence-electron chi connectivity index (χ2n) is 4.20. The molecule has 0 atom stereocenters. The molecule has 0 saturated carbocycles. The van der Waals surface area contributed by atoms with Crippen LogP contribution in [0.25, 0.3) is 0 Å². The minimum Gasteiger partial charge on any atom is -0.462 e. The fourth-order valence-corrected chi connectivity index (χ4v) is 2.10. The van der Waals surface area contributed by atoms with Gasteiger partial charge < -0.3 is 4.74 Å². The largest absolute Gasteiger partial charge is 0.462 e. The number of aromatic nitrogens is 1. The zero-order valence-electron chi connectivity index (χ0n) is 10.6. The highest BCUT2D eigenvalue weighted by Gasteiger charge is 2.22. The third-order valence-corrected chi connectivity index (χ3v) is 2.92. The number of rotatable bonds is 2. The van der Waals surface area contributed by atoms with E-state index in [0.29, 0.717) is 24.5 Å². The van der Waals surface area contributed by atoms with Gasteiger partial charge in [-0.2, -0.15) is 0 Å². The molecule has 1 aromatic heterocycles. The van der Waals surface area contributed by atoms with Gasteiger partial charge in [0.15, 0.2) is 0 Å². The molecule has 1 aliphatic heterocycles. The van der Waals surface area contributed by atoms with Crippen molar-refractivity contribution in [2.24, 2.45) is 0 Å². The van der Waals surface area contributed by atoms with Gasteiger partial charge >= 0.3 is 5.97 Å². The van der Waals surface area contributed by atoms with E-state index >= 15 is 0 Å². The van der Waals surface area contributed by atoms with Crippen LogP contribution in [-0.2, 0) is 16.0 Å². The van der Waals surface area contributed by atoms with Crippen LogP contribution in [0.2, 0.25) is 0 Å². The van der Waals surface area contributed by atoms with Crippen molar-refractivity contribution in [3.05, 3.63) is 23.4 Å². The molecule has 0 aromatic carbocycles. The number of esters is 1. The molecule has 0 aliphatic carbocycles. The maximum Gasteiger partial charge on any atom is 0.339 e. The van der Waals surface area contributed by atoms with E-state index in [1.807, 2.05) is 0 Å². The van der Waals surface area contributed by atoms with E-state index in [4.69, 9.17) is 4.74 Å². The molecule has 0 radical (unpaired) electrons. The highest BCUT2D eigenvalue weighted by molar-refractivity contribution is 5.93. The second kappa shape index (κ2) is 5.16. The molecule has 2 heterocycles. The van der Waals surface area contributed by atoms with E-state index in [0.717, 1.165) is 18.4 Å². The molecule has 0 fully saturated rings. The van der Waals surface area contributed by atoms with Crippen LogP contribution >= 0.6 is 0 Å². The van der Waals surface area contributed by atoms with E-state index in [2.05, 4.69) is 4.98 Å². The first-order valence-corrected chi connectivity index (χ1v) is 6.07. The number of hydrogen-bond donors (Lipinski definition) is 0. The molecular formula is C13H16N2O3. The van der Waals surface area contributed by atoms with Crippen molar-refractivity contribution in [2.75, 3.05) is 18.1 Å². The van der Waals surface area contributed by atoms with Crippen molar-refractivity contribution in [1.82, 2.24) is 4.98 Å². The van der Waals surface area contributed by atoms with Gasteiger partial charge in [-0.3, -0.25) is 9.69 Å². The maximum atomic E-state index is 11.6. The lowest BCUT2D eigenvalue weighted by atomic mass is 10.0. The summed E-state index contributed by atoms with van der Waals surface area (Å²) in [5.74, 6) is 0.280. The third kappa shape index (κ3) is 2.34. The second-order valence-corrected chi connectivity index (χ2v) is 4.20. The van der Waals surface area contributed by atoms with Crippen LogP contribution in [0.1, 0.15) is 36.2 Å². The van der Waals surface area contributed by atoms with Gasteiger partial charge in [0.05, 0.1) is 12.2 Å². The number of anilines is 1. The van der Waals surface area contributed by atoms with Crippen LogP contribution in [0, 0.1) is 0 Å². The van der Waals surface area contributed by atoms with Gasteiger partial charge in [0, 0.05) is 19.7 Å². The maximum absolute atomic E-state index is 11.6. The van der Waals surface area contributed by atoms with E-state index in [-0.39, 0.29) is 11.9 Å². The predicted octanol–water partition coefficient (Wildman–Crippen LogP) is 1.56. The first kappa shape index (κ1) is 12.5. The topological polar surface area (TPSA) is 59.5 Å². The molecule has 0 N–H and O–H groups in total. The number of fused-ring (bicyclic) bond motifs is 1. The fourth-order valence-electron chi connectivity index (χ4n) is 2.10. The predicted molar refractivity (Wildman–Crippen MR) is 66.5 cm³/mol. The Balaban J connectivity index is 2.32. The normalized spacial score (nSPS) is 14.0. The summed E-state index contributed by atoms with van der Waals surface area (Å²) in [6, 6.07) is 1.77. The van der Waals surface area contributed by atoms with Crippen molar-refractivity contribution in [1.29, 1.82) is 0 Å². The van der Waals surface area contributed by atoms with E-state index in [1.54, 1.807) is 17.9 Å². The minimum atomic E-state index is -0.368. The number of carbonyl (C=O) groups excluding carboxylic acids is 2. The number of carbonyl (C=O) groups is 2. The van der Waals surface area contributed by atoms with Gasteiger partial charge in [0.2, 0.25) is 5.91 Å². The molecule has 5 nitrogen and oxygen atoms in total. The number of nitrogens with zero attached hydrogens (tertiary/aromatic N) is 2. The van der Waals surface area contributed by atoms with Gasteiger partial charge in [0.1, 0.15) is 5.82 Å². The Bertz CT molecular complexity index is 485. The average Bonchev–Trinajstić information content (AvgIpc) is 2.37. The lowest BCUT2D eigenvalue weighted by Crippen LogP contribution is -2.34. The third-order valence-electron chi connectivity index (χ3n) is 2.92. The first-order valence-electron chi connectivity index (χ1n) is 6.07. The van der Waals surface area contributed by atoms with Crippen molar-refractivity contribution in [2.45, 2.75) is 26.7 Å². The van der Waals surface area contributed by atoms with Crippen molar-refractivity contribution in [3.8, 4) is 0 Å². The van der Waals surface area contributed by atoms with Crippen LogP contribution < -0.4 is 4.90 Å². The van der Waals surface area contributed by atoms with Gasteiger partial charge in [0.25, 0.3) is 0 Å². The van der Waals surface area contributed by atoms with E-state index < -0.39 is 0 Å². The molecule has 1 aromatic rings. The molecule has 0 saturated heterocycles. The molecule has 5 heteroatoms. The van der Waals surface area contributed by atoms with Crippen LogP contribution in [0.5, 0.6) is 0 Å². The molecule has 0 unspecified atom stereocenters. The Morgan fingerprint density at radius 1 is 1.50 bits per heavy atom. The van der Waals surface area contributed by atoms with Gasteiger partial charge in [-0.1, -0.05) is 0 Å². The minimum absolute atomic E-state index is 0.0210. The monoisotopic (exact) mass is 248 g/mol. The Hall–Kier alpha value is -1.91. The number of pyridine rings is 1. The number of ether oxygens (including phenoxy) is 1. The fraction of sp³-hybridized carbons (Fsp3) is 0.462. The van der Waals surface area contributed by atoms with Crippen LogP contribution in [0.3, 0.4) is 0 Å². The number of aryl methyl sites for hydroxylation is 1. The lowest BCUT2D eigenvalue weighted by molar-refractivity contribution is -0.116. The summed E-state index contributed by atoms with van der Waals surface area (Å²) in [4.78, 5) is 29.0. The molecular weight excluding hydrogens is 232 g/mol. The Kier molecular flexibility index (Phi) is 3.60. The SMILES string of the molecule is CCOC(=O)c1cnc2c(c1)CCCN2C(C)=O. The van der Waals surface area contributed by atoms with Gasteiger partial charge in [-0.05, 0) is 31.4 Å². The molecule has 0 bridgehead atoms. The van der Waals surface area contributed by atoms with E-state index in [1.165, 1.54) is 13.1 Å². The van der Waals surface area contributed by atoms with Crippen molar-refractivity contribution < 1.29 is 14.3 Å². The highest BCUT2D eigenvalue weighted by atomic mass is 16.5. The summed E-state index contributed by atoms with van der Waals surface area (Å²) in [7, 11) is 0. The summed E-state index contributed by atoms with van der Waals surface area (Å²) >= 11 is 0. The number of amides is 1. The Morgan fingerprint density at radius 2 is 2.28 bits per heavy atom. The van der Waals surface area contributed by atoms with Crippen LogP contribution in [-0.4, -0.2) is 30.0 Å². The van der Waals surface area contributed by atoms with E-state index in [9.17, 15) is 9.59 Å². The zero-order valence-corrected chi connectivity index (χ0v) is 10.6. The summed E-state index contributed by atoms with van der Waals surface area (Å²) in [6.07, 6.45) is 3.19. The standard InChI is InChI=1S/C13H16N2O3/c1-3-18-13(17)11-7-10-5-4-6-15(9(2)16)12(10)14-8-11/h7-8H,3-6H2,1-2H3. The Labute approximate surface area is 106 Å². The van der Waals surface area contributed by atoms with Gasteiger partial charge in [-0.15, -0.1) is 0 Å². The molecule has 1 amide bonds. The van der Waals surface area contributed by atoms with Gasteiger partial charge in [-0.25, -0.2) is 9.78 Å². The molecule has 1 aliphatic rings. The van der Waals surface area contributed by atoms with Crippen molar-refractivity contribution >= 4 is 17.7 Å². The molecule has 2 rings (SSSR count). The van der Waals surface area contributed by atoms with Crippen molar-refractivity contribution in [3.63, 3.8) is 0 Å². The highest BCUT2D eigenvalue weighted by Crippen LogP contribution is 2.25. The van der Waals surface area contributed by atoms with Crippen LogP contribution in [0.4, 0.5) is 5.82 Å². The first-order chi connectivity index (χ1) is 8.63. The molecule has 18 heavy (non-hydrogen) atoms. The summed E-state index contributed by atoms with van der Waals surface area (Å²) < 4.78 is 4.93. The average molecular weight is 248 g/mol. The molecule has 0 spiro atoms. The quantitative estimate of drug-likeness (QED) is 0.745. The summed E-state index contributed by atoms with van der Waals surface area (Å²) in [6.45, 7) is 4.32. The zero-order chi connectivity index (χ0) is 13.1. The smallest absolute Gasteiger partial charge is 0.339 e. The van der Waals surface area contributed by atoms with Crippen LogP contribution in [0.15, 0.2) is 12.3 Å². The number of hydrogen-bond acceptors (Lipinski definition) is 4. The Morgan fingerprint density at radius 3 is 2.94 bits per heavy atom.